The van der Waals surface area contributed by atoms with E-state index in [-0.39, 0.29) is 0 Å². The number of hydrogen-bond acceptors (Lipinski definition) is 5. The van der Waals surface area contributed by atoms with Crippen LogP contribution in [-0.2, 0) is 18.5 Å². The number of anilines is 6. The minimum atomic E-state index is -0.760. The molecule has 1 aliphatic carbocycles. The Hall–Kier alpha value is -9.66. The summed E-state index contributed by atoms with van der Waals surface area (Å²) < 4.78 is 11.9. The molecule has 0 fully saturated rings. The first kappa shape index (κ1) is 50.1. The lowest BCUT2D eigenvalue weighted by Gasteiger charge is -2.40. The van der Waals surface area contributed by atoms with E-state index in [4.69, 9.17) is 4.74 Å². The van der Waals surface area contributed by atoms with Crippen LogP contribution in [0.15, 0.2) is 299 Å². The van der Waals surface area contributed by atoms with Crippen LogP contribution in [0.3, 0.4) is 0 Å². The molecule has 2 aromatic heterocycles. The molecule has 0 unspecified atom stereocenters. The van der Waals surface area contributed by atoms with Gasteiger partial charge in [-0.25, -0.2) is 0 Å². The largest absolute Gasteiger partial charge is 0.457 e. The third-order valence-electron chi connectivity index (χ3n) is 17.2. The number of rotatable bonds is 12. The van der Waals surface area contributed by atoms with Crippen molar-refractivity contribution in [2.75, 3.05) is 9.80 Å². The highest BCUT2D eigenvalue weighted by molar-refractivity contribution is 7.99. The van der Waals surface area contributed by atoms with Crippen LogP contribution < -0.4 is 14.5 Å². The second kappa shape index (κ2) is 20.3. The number of hydrogen-bond donors (Lipinski definition) is 0. The van der Waals surface area contributed by atoms with Gasteiger partial charge in [-0.2, -0.15) is 0 Å². The summed E-state index contributed by atoms with van der Waals surface area (Å²) in [5.41, 5.74) is 17.7. The summed E-state index contributed by atoms with van der Waals surface area (Å²) >= 11 is 3.62. The fourth-order valence-electron chi connectivity index (χ4n) is 13.7. The summed E-state index contributed by atoms with van der Waals surface area (Å²) in [6.45, 7) is 6.23. The number of nitrogens with zero attached hydrogens (tertiary/aromatic N) is 4. The van der Waals surface area contributed by atoms with Crippen molar-refractivity contribution in [1.82, 2.24) is 9.13 Å². The Morgan fingerprint density at radius 3 is 1.07 bits per heavy atom. The maximum Gasteiger partial charge on any atom is 0.132 e. The van der Waals surface area contributed by atoms with Crippen LogP contribution in [0.25, 0.3) is 54.7 Å². The van der Waals surface area contributed by atoms with Crippen LogP contribution in [0.2, 0.25) is 0 Å². The molecule has 84 heavy (non-hydrogen) atoms. The number of ether oxygens (including phenoxy) is 1. The standard InChI is InChI=1S/C77H56N4OS2/c1-3-78-71-41-35-53(45-63(71)65-49-59(37-43-73(65)78)83-57-25-13-7-14-26-57)80(51-21-9-5-10-22-51)55-33-39-61-62-40-34-56(48-70(62)77(69(61)47-55)67-29-17-19-31-75(67)82-76-32-20-18-30-68(76)77)81(52-23-11-6-12-24-52)54-36-42-72-64(46-54)66-50-60(38-44-74(66)79(72)4-2)84-58-27-15-8-16-28-58/h5-50H,3-4H2,1-2H3. The predicted molar refractivity (Wildman–Crippen MR) is 352 cm³/mol. The first-order valence-electron chi connectivity index (χ1n) is 29.0. The lowest BCUT2D eigenvalue weighted by Crippen LogP contribution is -2.32. The molecule has 0 N–H and O–H groups in total. The molecule has 1 aliphatic heterocycles. The van der Waals surface area contributed by atoms with E-state index < -0.39 is 5.41 Å². The number of benzene rings is 12. The Morgan fingerprint density at radius 1 is 0.310 bits per heavy atom. The zero-order valence-corrected chi connectivity index (χ0v) is 48.1. The zero-order chi connectivity index (χ0) is 55.9. The van der Waals surface area contributed by atoms with Gasteiger partial charge in [0.2, 0.25) is 0 Å². The summed E-state index contributed by atoms with van der Waals surface area (Å²) in [5.74, 6) is 1.71. The first-order chi connectivity index (χ1) is 41.5. The van der Waals surface area contributed by atoms with Gasteiger partial charge in [-0.15, -0.1) is 0 Å². The topological polar surface area (TPSA) is 25.6 Å². The first-order valence-corrected chi connectivity index (χ1v) is 30.6. The minimum Gasteiger partial charge on any atom is -0.457 e. The van der Waals surface area contributed by atoms with Crippen molar-refractivity contribution in [3.63, 3.8) is 0 Å². The monoisotopic (exact) mass is 1120 g/mol. The van der Waals surface area contributed by atoms with Gasteiger partial charge < -0.3 is 23.7 Å². The Morgan fingerprint density at radius 2 is 0.655 bits per heavy atom. The molecule has 12 aromatic carbocycles. The molecule has 3 heterocycles. The SMILES string of the molecule is CCn1c2ccc(Sc3ccccc3)cc2c2cc(N(c3ccccc3)c3ccc4c(c3)C3(c5ccccc5Oc5ccccc53)c3cc(N(c5ccccc5)c5ccc6c(c5)c5cc(Sc7ccccc7)ccc5n6CC)ccc3-4)ccc21. The maximum absolute atomic E-state index is 6.96. The van der Waals surface area contributed by atoms with Gasteiger partial charge in [0.25, 0.3) is 0 Å². The summed E-state index contributed by atoms with van der Waals surface area (Å²) in [6, 6.07) is 103. The normalized spacial score (nSPS) is 12.8. The van der Waals surface area contributed by atoms with Crippen LogP contribution in [-0.4, -0.2) is 9.13 Å². The second-order valence-electron chi connectivity index (χ2n) is 21.7. The molecule has 0 bridgehead atoms. The molecule has 0 saturated carbocycles. The molecule has 7 heteroatoms. The van der Waals surface area contributed by atoms with E-state index in [9.17, 15) is 0 Å². The van der Waals surface area contributed by atoms with Crippen molar-refractivity contribution < 1.29 is 4.74 Å². The molecule has 2 aliphatic rings. The smallest absolute Gasteiger partial charge is 0.132 e. The van der Waals surface area contributed by atoms with Gasteiger partial charge in [0.05, 0.1) is 5.41 Å². The Kier molecular flexibility index (Phi) is 12.1. The lowest BCUT2D eigenvalue weighted by molar-refractivity contribution is 0.436. The van der Waals surface area contributed by atoms with Crippen molar-refractivity contribution in [1.29, 1.82) is 0 Å². The van der Waals surface area contributed by atoms with Crippen LogP contribution in [0.5, 0.6) is 11.5 Å². The molecule has 5 nitrogen and oxygen atoms in total. The molecule has 0 atom stereocenters. The quantitative estimate of drug-likeness (QED) is 0.121. The highest BCUT2D eigenvalue weighted by atomic mass is 32.2. The molecular weight excluding hydrogens is 1060 g/mol. The van der Waals surface area contributed by atoms with Gasteiger partial charge in [0.1, 0.15) is 11.5 Å². The van der Waals surface area contributed by atoms with Crippen LogP contribution in [0.4, 0.5) is 34.1 Å². The number of aryl methyl sites for hydroxylation is 2. The number of aromatic nitrogens is 2. The summed E-state index contributed by atoms with van der Waals surface area (Å²) in [7, 11) is 0. The van der Waals surface area contributed by atoms with E-state index in [1.807, 2.05) is 23.5 Å². The molecule has 0 saturated heterocycles. The van der Waals surface area contributed by atoms with E-state index >= 15 is 0 Å². The highest BCUT2D eigenvalue weighted by Crippen LogP contribution is 2.63. The lowest BCUT2D eigenvalue weighted by atomic mass is 9.66. The van der Waals surface area contributed by atoms with Gasteiger partial charge in [-0.05, 0) is 194 Å². The molecule has 1 spiro atoms. The van der Waals surface area contributed by atoms with E-state index in [1.165, 1.54) is 85.4 Å². The third-order valence-corrected chi connectivity index (χ3v) is 19.2. The van der Waals surface area contributed by atoms with E-state index in [1.54, 1.807) is 0 Å². The third kappa shape index (κ3) is 8.01. The van der Waals surface area contributed by atoms with Gasteiger partial charge in [-0.1, -0.05) is 145 Å². The van der Waals surface area contributed by atoms with E-state index in [0.29, 0.717) is 0 Å². The number of para-hydroxylation sites is 4. The van der Waals surface area contributed by atoms with Gasteiger partial charge >= 0.3 is 0 Å². The van der Waals surface area contributed by atoms with Gasteiger partial charge in [-0.3, -0.25) is 0 Å². The Labute approximate surface area is 497 Å². The molecule has 14 aromatic rings. The van der Waals surface area contributed by atoms with Crippen molar-refractivity contribution >= 4 is 101 Å². The number of fused-ring (bicyclic) bond motifs is 15. The molecule has 16 rings (SSSR count). The van der Waals surface area contributed by atoms with Crippen molar-refractivity contribution in [2.24, 2.45) is 0 Å². The van der Waals surface area contributed by atoms with Crippen molar-refractivity contribution in [2.45, 2.75) is 51.9 Å². The second-order valence-corrected chi connectivity index (χ2v) is 24.0. The summed E-state index contributed by atoms with van der Waals surface area (Å²) in [5, 5.41) is 4.97. The van der Waals surface area contributed by atoms with E-state index in [2.05, 4.69) is 312 Å². The predicted octanol–water partition coefficient (Wildman–Crippen LogP) is 21.7. The Balaban J connectivity index is 0.889. The Bertz CT molecular complexity index is 4550. The molecule has 0 radical (unpaired) electrons. The highest BCUT2D eigenvalue weighted by Gasteiger charge is 2.51. The van der Waals surface area contributed by atoms with E-state index in [0.717, 1.165) is 69.8 Å². The van der Waals surface area contributed by atoms with Gasteiger partial charge in [0, 0.05) is 122 Å². The van der Waals surface area contributed by atoms with Crippen LogP contribution in [0, 0.1) is 0 Å². The zero-order valence-electron chi connectivity index (χ0n) is 46.5. The molecule has 402 valence electrons. The fraction of sp³-hybridized carbons (Fsp3) is 0.0649. The minimum absolute atomic E-state index is 0.760. The summed E-state index contributed by atoms with van der Waals surface area (Å²) in [6.07, 6.45) is 0. The van der Waals surface area contributed by atoms with Crippen molar-refractivity contribution in [3.8, 4) is 22.6 Å². The van der Waals surface area contributed by atoms with Gasteiger partial charge in [0.15, 0.2) is 0 Å². The van der Waals surface area contributed by atoms with Crippen molar-refractivity contribution in [3.05, 3.63) is 301 Å². The molecule has 0 amide bonds. The molecular formula is C77H56N4OS2. The van der Waals surface area contributed by atoms with Crippen LogP contribution >= 0.6 is 23.5 Å². The fourth-order valence-corrected chi connectivity index (χ4v) is 15.4. The average molecular weight is 1120 g/mol. The summed E-state index contributed by atoms with van der Waals surface area (Å²) in [4.78, 5) is 9.79. The maximum atomic E-state index is 6.96. The van der Waals surface area contributed by atoms with Crippen LogP contribution in [0.1, 0.15) is 36.1 Å². The average Bonchev–Trinajstić information content (AvgIpc) is 1.50.